The first-order valence-corrected chi connectivity index (χ1v) is 40.6. The van der Waals surface area contributed by atoms with E-state index in [1.54, 1.807) is 40.6 Å². The van der Waals surface area contributed by atoms with Crippen LogP contribution in [0.25, 0.3) is 0 Å². The second kappa shape index (κ2) is 45.2. The molecule has 0 aromatic carbocycles. The van der Waals surface area contributed by atoms with Crippen molar-refractivity contribution in [3.05, 3.63) is 108 Å². The molecule has 21 nitrogen and oxygen atoms in total. The van der Waals surface area contributed by atoms with E-state index in [4.69, 9.17) is 4.84 Å². The van der Waals surface area contributed by atoms with Crippen molar-refractivity contribution in [1.82, 2.24) is 94.5 Å². The van der Waals surface area contributed by atoms with Gasteiger partial charge in [0, 0.05) is 108 Å². The van der Waals surface area contributed by atoms with Crippen LogP contribution in [0, 0.1) is 41.5 Å². The van der Waals surface area contributed by atoms with Crippen molar-refractivity contribution in [2.75, 3.05) is 28.2 Å². The van der Waals surface area contributed by atoms with Gasteiger partial charge in [-0.25, -0.2) is 9.97 Å². The van der Waals surface area contributed by atoms with E-state index in [2.05, 4.69) is 304 Å². The standard InChI is InChI=1S/C8H16N2O.3C8H16N2S.6C6H10N2S/c2*1-6(2)10-7(3)8(4)11-9(10)5;1-6(2)10-9(5)7(3)8(4)11-10;1-6(2)10-8(4)7(3)9(5)11-10;1-4(2)6-8-7-5(3)9-6;1-4(2)6-7-5(3)9-8-6;1-4(2)6-7-5(3)8-9-6;1-4(2)6-5(3)9-8-7-6;1-4(2)6-5(3)7-8-9-6;1-4(2)6-5(3)7-9-8-6/h4*6H,1-5H3;6*4H,1-3H3. The van der Waals surface area contributed by atoms with Gasteiger partial charge in [-0.1, -0.05) is 97.2 Å². The maximum absolute atomic E-state index is 5.39. The van der Waals surface area contributed by atoms with Crippen molar-refractivity contribution in [1.29, 1.82) is 0 Å². The maximum Gasteiger partial charge on any atom is 0.145 e. The van der Waals surface area contributed by atoms with Gasteiger partial charge in [0.05, 0.1) is 57.2 Å². The van der Waals surface area contributed by atoms with Gasteiger partial charge in [-0.2, -0.15) is 26.3 Å². The zero-order valence-electron chi connectivity index (χ0n) is 66.8. The lowest BCUT2D eigenvalue weighted by Crippen LogP contribution is -2.37. The van der Waals surface area contributed by atoms with E-state index in [-0.39, 0.29) is 0 Å². The maximum atomic E-state index is 5.39. The lowest BCUT2D eigenvalue weighted by molar-refractivity contribution is -0.204. The molecule has 0 radical (unpaired) electrons. The zero-order valence-corrected chi connectivity index (χ0v) is 74.1. The van der Waals surface area contributed by atoms with Crippen LogP contribution in [0.3, 0.4) is 0 Å². The molecule has 6 aromatic heterocycles. The van der Waals surface area contributed by atoms with E-state index < -0.39 is 0 Å². The fraction of sp³-hybridized carbons (Fsp3) is 0.706. The lowest BCUT2D eigenvalue weighted by atomic mass is 10.1. The summed E-state index contributed by atoms with van der Waals surface area (Å²) >= 11 is 14.3. The molecule has 0 saturated carbocycles. The Morgan fingerprint density at radius 3 is 1.17 bits per heavy atom. The van der Waals surface area contributed by atoms with Crippen molar-refractivity contribution in [2.24, 2.45) is 0 Å². The molecule has 0 N–H and O–H groups in total. The molecular formula is C68H124N20OS9. The van der Waals surface area contributed by atoms with E-state index in [0.717, 1.165) is 60.2 Å². The van der Waals surface area contributed by atoms with Gasteiger partial charge in [0.15, 0.2) is 0 Å². The lowest BCUT2D eigenvalue weighted by Gasteiger charge is -2.30. The van der Waals surface area contributed by atoms with Gasteiger partial charge in [-0.05, 0) is 240 Å². The van der Waals surface area contributed by atoms with E-state index in [1.807, 2.05) is 60.5 Å². The van der Waals surface area contributed by atoms with Crippen LogP contribution in [0.2, 0.25) is 0 Å². The van der Waals surface area contributed by atoms with Crippen molar-refractivity contribution in [2.45, 2.75) is 295 Å². The van der Waals surface area contributed by atoms with Gasteiger partial charge in [0.2, 0.25) is 0 Å². The smallest absolute Gasteiger partial charge is 0.145 e. The minimum absolute atomic E-state index is 0.456. The molecule has 98 heavy (non-hydrogen) atoms. The fourth-order valence-corrected chi connectivity index (χ4v) is 15.8. The molecule has 10 rings (SSSR count). The number of hydroxylamine groups is 1. The number of hydrogen-bond acceptors (Lipinski definition) is 30. The number of aryl methyl sites for hydroxylation is 6. The summed E-state index contributed by atoms with van der Waals surface area (Å²) in [4.78, 5) is 19.2. The molecule has 30 heteroatoms. The summed E-state index contributed by atoms with van der Waals surface area (Å²) in [6.45, 7) is 72.0. The molecule has 0 amide bonds. The van der Waals surface area contributed by atoms with Gasteiger partial charge in [-0.15, -0.1) is 31.7 Å². The van der Waals surface area contributed by atoms with Crippen LogP contribution in [0.15, 0.2) is 44.1 Å². The Balaban J connectivity index is 0.000000545. The summed E-state index contributed by atoms with van der Waals surface area (Å²) in [6, 6.07) is 2.17. The highest BCUT2D eigenvalue weighted by Crippen LogP contribution is 2.38. The Hall–Kier alpha value is -3.95. The van der Waals surface area contributed by atoms with Crippen LogP contribution in [0.4, 0.5) is 0 Å². The van der Waals surface area contributed by atoms with Crippen LogP contribution < -0.4 is 0 Å². The first-order valence-electron chi connectivity index (χ1n) is 33.7. The molecule has 556 valence electrons. The third-order valence-corrected chi connectivity index (χ3v) is 23.7. The second-order valence-electron chi connectivity index (χ2n) is 26.7. The van der Waals surface area contributed by atoms with Crippen molar-refractivity contribution in [3.63, 3.8) is 0 Å². The minimum Gasteiger partial charge on any atom is -0.389 e. The third-order valence-electron chi connectivity index (χ3n) is 14.6. The SMILES string of the molecule is CC1=C(C)N(C(C)C)N(C)O1.CC1=C(C)N(C(C)C)N(C)S1.CC1=C(C)N(C(C)C)SN1C.CC1=C(C)N(C)N(C(C)C)S1.Cc1nc(C(C)C)ns1.Cc1nnc(C(C)C)s1.Cc1nnsc1C(C)C.Cc1nsc(C(C)C)n1.Cc1nsnc1C(C)C.Cc1snnc1C(C)C. The van der Waals surface area contributed by atoms with Gasteiger partial charge in [0.1, 0.15) is 37.4 Å². The van der Waals surface area contributed by atoms with Gasteiger partial charge in [0.25, 0.3) is 0 Å². The number of hydrazine groups is 3. The average molecular weight is 1530 g/mol. The van der Waals surface area contributed by atoms with E-state index in [9.17, 15) is 0 Å². The van der Waals surface area contributed by atoms with Gasteiger partial charge in [-0.3, -0.25) is 14.3 Å². The Bertz CT molecular complexity index is 3090. The van der Waals surface area contributed by atoms with E-state index in [0.29, 0.717) is 59.7 Å². The summed E-state index contributed by atoms with van der Waals surface area (Å²) in [7, 11) is 8.23. The Labute approximate surface area is 631 Å². The number of allylic oxidation sites excluding steroid dienone is 8. The molecule has 4 aliphatic rings. The monoisotopic (exact) mass is 1520 g/mol. The van der Waals surface area contributed by atoms with Gasteiger partial charge >= 0.3 is 0 Å². The Morgan fingerprint density at radius 2 is 0.969 bits per heavy atom. The number of rotatable bonds is 10. The van der Waals surface area contributed by atoms with Gasteiger partial charge < -0.3 is 14.2 Å². The van der Waals surface area contributed by atoms with E-state index in [1.165, 1.54) is 106 Å². The third kappa shape index (κ3) is 30.9. The zero-order chi connectivity index (χ0) is 75.5. The molecule has 0 spiro atoms. The summed E-state index contributed by atoms with van der Waals surface area (Å²) < 4.78 is 33.1. The molecule has 0 saturated heterocycles. The quantitative estimate of drug-likeness (QED) is 0.118. The predicted octanol–water partition coefficient (Wildman–Crippen LogP) is 20.9. The summed E-state index contributed by atoms with van der Waals surface area (Å²) in [5, 5.41) is 28.6. The Kier molecular flexibility index (Phi) is 42.5. The van der Waals surface area contributed by atoms with Crippen LogP contribution in [0.1, 0.15) is 294 Å². The highest BCUT2D eigenvalue weighted by Gasteiger charge is 2.28. The van der Waals surface area contributed by atoms with Crippen molar-refractivity contribution in [3.8, 4) is 0 Å². The predicted molar refractivity (Wildman–Crippen MR) is 429 cm³/mol. The van der Waals surface area contributed by atoms with Crippen molar-refractivity contribution >= 4 is 105 Å². The first-order chi connectivity index (χ1) is 45.4. The topological polar surface area (TPSA) is 190 Å². The number of hydrogen-bond donors (Lipinski definition) is 0. The van der Waals surface area contributed by atoms with Crippen LogP contribution in [0.5, 0.6) is 0 Å². The minimum atomic E-state index is 0.456. The molecule has 0 atom stereocenters. The Morgan fingerprint density at radius 1 is 0.408 bits per heavy atom. The van der Waals surface area contributed by atoms with Crippen LogP contribution in [-0.2, 0) is 4.84 Å². The highest BCUT2D eigenvalue weighted by molar-refractivity contribution is 8.01. The molecule has 0 unspecified atom stereocenters. The second-order valence-corrected chi connectivity index (χ2v) is 35.5. The molecule has 6 aromatic rings. The molecule has 0 aliphatic carbocycles. The van der Waals surface area contributed by atoms with Crippen LogP contribution >= 0.6 is 105 Å². The molecule has 0 bridgehead atoms. The number of nitrogens with zero attached hydrogens (tertiary/aromatic N) is 20. The van der Waals surface area contributed by atoms with E-state index >= 15 is 0 Å². The largest absolute Gasteiger partial charge is 0.389 e. The normalized spacial score (nSPS) is 14.9. The average Bonchev–Trinajstić information content (AvgIpc) is 1.71. The summed E-state index contributed by atoms with van der Waals surface area (Å²) in [5.41, 5.74) is 11.1. The fourth-order valence-electron chi connectivity index (χ4n) is 8.94. The molecule has 4 aliphatic heterocycles. The highest BCUT2D eigenvalue weighted by atomic mass is 32.2. The summed E-state index contributed by atoms with van der Waals surface area (Å²) in [5.74, 6) is 5.97. The number of aromatic nitrogens is 12. The molecule has 0 fully saturated rings. The first kappa shape index (κ1) is 92.1. The molecule has 10 heterocycles. The summed E-state index contributed by atoms with van der Waals surface area (Å²) in [6.07, 6.45) is 0. The van der Waals surface area contributed by atoms with Crippen molar-refractivity contribution < 1.29 is 4.84 Å². The van der Waals surface area contributed by atoms with Crippen LogP contribution in [-0.4, -0.2) is 147 Å². The molecular weight excluding hydrogens is 1400 g/mol.